The van der Waals surface area contributed by atoms with Crippen molar-refractivity contribution < 1.29 is 4.74 Å². The summed E-state index contributed by atoms with van der Waals surface area (Å²) in [5, 5.41) is 7.91. The van der Waals surface area contributed by atoms with Crippen molar-refractivity contribution in [1.82, 2.24) is 15.2 Å². The molecule has 2 heterocycles. The van der Waals surface area contributed by atoms with Gasteiger partial charge in [-0.25, -0.2) is 0 Å². The van der Waals surface area contributed by atoms with Crippen LogP contribution in [0.3, 0.4) is 0 Å². The minimum absolute atomic E-state index is 0.514. The third kappa shape index (κ3) is 2.22. The van der Waals surface area contributed by atoms with E-state index in [1.54, 1.807) is 17.9 Å². The number of hydrogen-bond acceptors (Lipinski definition) is 5. The molecule has 0 radical (unpaired) electrons. The number of ether oxygens (including phenoxy) is 1. The first kappa shape index (κ1) is 8.58. The van der Waals surface area contributed by atoms with Gasteiger partial charge < -0.3 is 4.74 Å². The van der Waals surface area contributed by atoms with E-state index in [0.717, 1.165) is 4.47 Å². The fourth-order valence-corrected chi connectivity index (χ4v) is 1.52. The van der Waals surface area contributed by atoms with Crippen molar-refractivity contribution in [3.05, 3.63) is 28.4 Å². The average molecular weight is 258 g/mol. The molecule has 2 aromatic rings. The Morgan fingerprint density at radius 1 is 1.38 bits per heavy atom. The van der Waals surface area contributed by atoms with Crippen LogP contribution in [0.1, 0.15) is 0 Å². The molecule has 0 bridgehead atoms. The van der Waals surface area contributed by atoms with Crippen LogP contribution in [0.2, 0.25) is 0 Å². The minimum Gasteiger partial charge on any atom is -0.428 e. The van der Waals surface area contributed by atoms with Crippen LogP contribution in [0, 0.1) is 0 Å². The van der Waals surface area contributed by atoms with E-state index < -0.39 is 0 Å². The van der Waals surface area contributed by atoms with Crippen LogP contribution in [-0.2, 0) is 0 Å². The van der Waals surface area contributed by atoms with Crippen molar-refractivity contribution in [3.63, 3.8) is 0 Å². The predicted octanol–water partition coefficient (Wildman–Crippen LogP) is 2.49. The molecule has 2 aromatic heterocycles. The van der Waals surface area contributed by atoms with Gasteiger partial charge in [0.25, 0.3) is 5.19 Å². The summed E-state index contributed by atoms with van der Waals surface area (Å²) < 4.78 is 6.22. The summed E-state index contributed by atoms with van der Waals surface area (Å²) in [6.07, 6.45) is 3.30. The fraction of sp³-hybridized carbons (Fsp3) is 0. The van der Waals surface area contributed by atoms with Gasteiger partial charge in [0.05, 0.1) is 6.20 Å². The minimum atomic E-state index is 0.514. The Morgan fingerprint density at radius 3 is 3.00 bits per heavy atom. The molecule has 2 rings (SSSR count). The maximum absolute atomic E-state index is 5.35. The van der Waals surface area contributed by atoms with Crippen molar-refractivity contribution in [2.45, 2.75) is 0 Å². The maximum atomic E-state index is 5.35. The third-order valence-electron chi connectivity index (χ3n) is 1.22. The van der Waals surface area contributed by atoms with Crippen LogP contribution >= 0.6 is 27.3 Å². The first-order valence-corrected chi connectivity index (χ1v) is 5.06. The Morgan fingerprint density at radius 2 is 2.31 bits per heavy atom. The van der Waals surface area contributed by atoms with E-state index in [9.17, 15) is 0 Å². The van der Waals surface area contributed by atoms with Crippen molar-refractivity contribution >= 4 is 27.3 Å². The monoisotopic (exact) mass is 257 g/mol. The van der Waals surface area contributed by atoms with Crippen molar-refractivity contribution in [2.24, 2.45) is 0 Å². The Labute approximate surface area is 86.7 Å². The molecule has 0 unspecified atom stereocenters. The SMILES string of the molecule is Brc1cncc(Oc2nncs2)c1. The molecule has 13 heavy (non-hydrogen) atoms. The van der Waals surface area contributed by atoms with Crippen LogP contribution in [0.4, 0.5) is 0 Å². The Balaban J connectivity index is 2.19. The molecule has 6 heteroatoms. The quantitative estimate of drug-likeness (QED) is 0.830. The second kappa shape index (κ2) is 3.80. The van der Waals surface area contributed by atoms with Gasteiger partial charge in [0.1, 0.15) is 11.3 Å². The molecule has 4 nitrogen and oxygen atoms in total. The second-order valence-corrected chi connectivity index (χ2v) is 3.86. The molecular formula is C7H4BrN3OS. The highest BCUT2D eigenvalue weighted by Crippen LogP contribution is 2.23. The van der Waals surface area contributed by atoms with Gasteiger partial charge in [-0.1, -0.05) is 16.4 Å². The lowest BCUT2D eigenvalue weighted by Crippen LogP contribution is -1.84. The lowest BCUT2D eigenvalue weighted by atomic mass is 10.5. The van der Waals surface area contributed by atoms with Gasteiger partial charge in [0.15, 0.2) is 0 Å². The molecule has 0 amide bonds. The first-order chi connectivity index (χ1) is 6.34. The van der Waals surface area contributed by atoms with E-state index in [0.29, 0.717) is 10.9 Å². The molecule has 0 saturated carbocycles. The van der Waals surface area contributed by atoms with Crippen molar-refractivity contribution in [2.75, 3.05) is 0 Å². The van der Waals surface area contributed by atoms with Crippen molar-refractivity contribution in [3.8, 4) is 10.9 Å². The molecule has 0 spiro atoms. The number of halogens is 1. The molecule has 66 valence electrons. The van der Waals surface area contributed by atoms with Crippen LogP contribution in [0.5, 0.6) is 10.9 Å². The smallest absolute Gasteiger partial charge is 0.299 e. The third-order valence-corrected chi connectivity index (χ3v) is 2.22. The normalized spacial score (nSPS) is 9.92. The van der Waals surface area contributed by atoms with Crippen molar-refractivity contribution in [1.29, 1.82) is 0 Å². The van der Waals surface area contributed by atoms with Crippen LogP contribution in [-0.4, -0.2) is 15.2 Å². The summed E-state index contributed by atoms with van der Waals surface area (Å²) in [5.74, 6) is 0.645. The lowest BCUT2D eigenvalue weighted by molar-refractivity contribution is 0.470. The van der Waals surface area contributed by atoms with Crippen LogP contribution < -0.4 is 4.74 Å². The van der Waals surface area contributed by atoms with Gasteiger partial charge in [0.2, 0.25) is 0 Å². The van der Waals surface area contributed by atoms with Gasteiger partial charge in [-0.05, 0) is 22.0 Å². The van der Waals surface area contributed by atoms with Gasteiger partial charge in [-0.3, -0.25) is 4.98 Å². The summed E-state index contributed by atoms with van der Waals surface area (Å²) >= 11 is 4.63. The molecule has 0 saturated heterocycles. The van der Waals surface area contributed by atoms with Gasteiger partial charge in [-0.2, -0.15) is 0 Å². The van der Waals surface area contributed by atoms with E-state index in [2.05, 4.69) is 31.1 Å². The highest BCUT2D eigenvalue weighted by molar-refractivity contribution is 9.10. The largest absolute Gasteiger partial charge is 0.428 e. The summed E-state index contributed by atoms with van der Waals surface area (Å²) in [6, 6.07) is 1.81. The van der Waals surface area contributed by atoms with Crippen LogP contribution in [0.15, 0.2) is 28.4 Å². The average Bonchev–Trinajstić information content (AvgIpc) is 2.57. The summed E-state index contributed by atoms with van der Waals surface area (Å²) in [6.45, 7) is 0. The van der Waals surface area contributed by atoms with Gasteiger partial charge >= 0.3 is 0 Å². The number of pyridine rings is 1. The zero-order valence-electron chi connectivity index (χ0n) is 6.35. The molecule has 0 N–H and O–H groups in total. The lowest BCUT2D eigenvalue weighted by Gasteiger charge is -1.99. The molecule has 0 aliphatic rings. The van der Waals surface area contributed by atoms with E-state index in [1.807, 2.05) is 6.07 Å². The summed E-state index contributed by atoms with van der Waals surface area (Å²) in [5.41, 5.74) is 1.61. The fourth-order valence-electron chi connectivity index (χ4n) is 0.756. The van der Waals surface area contributed by atoms with E-state index >= 15 is 0 Å². The first-order valence-electron chi connectivity index (χ1n) is 3.39. The number of aromatic nitrogens is 3. The number of hydrogen-bond donors (Lipinski definition) is 0. The molecule has 0 aliphatic heterocycles. The molecule has 0 atom stereocenters. The summed E-state index contributed by atoms with van der Waals surface area (Å²) in [7, 11) is 0. The predicted molar refractivity (Wildman–Crippen MR) is 51.9 cm³/mol. The molecular weight excluding hydrogens is 254 g/mol. The van der Waals surface area contributed by atoms with Gasteiger partial charge in [-0.15, -0.1) is 5.10 Å². The number of nitrogens with zero attached hydrogens (tertiary/aromatic N) is 3. The molecule has 0 aliphatic carbocycles. The Hall–Kier alpha value is -1.01. The Kier molecular flexibility index (Phi) is 2.51. The van der Waals surface area contributed by atoms with Gasteiger partial charge in [0, 0.05) is 10.7 Å². The molecule has 0 fully saturated rings. The van der Waals surface area contributed by atoms with Crippen LogP contribution in [0.25, 0.3) is 0 Å². The topological polar surface area (TPSA) is 47.9 Å². The van der Waals surface area contributed by atoms with E-state index in [4.69, 9.17) is 4.74 Å². The molecule has 0 aromatic carbocycles. The standard InChI is InChI=1S/C7H4BrN3OS/c8-5-1-6(3-9-2-5)12-7-11-10-4-13-7/h1-4H. The highest BCUT2D eigenvalue weighted by Gasteiger charge is 2.00. The zero-order chi connectivity index (χ0) is 9.10. The highest BCUT2D eigenvalue weighted by atomic mass is 79.9. The van der Waals surface area contributed by atoms with E-state index in [1.165, 1.54) is 11.3 Å². The summed E-state index contributed by atoms with van der Waals surface area (Å²) in [4.78, 5) is 3.95. The maximum Gasteiger partial charge on any atom is 0.299 e. The number of rotatable bonds is 2. The second-order valence-electron chi connectivity index (χ2n) is 2.15. The zero-order valence-corrected chi connectivity index (χ0v) is 8.75. The van der Waals surface area contributed by atoms with E-state index in [-0.39, 0.29) is 0 Å². The Bertz CT molecular complexity index is 392.